The standard InChI is InChI=1S/C29H28F2N6O3/c1-36-11-7-18(8-12-36)37-28(39)19-14-23-24(15-20(19)29(37)40)35-26(34-23)25-22(6-10-33-27(25)38)32-9-5-16-13-17(30)3-2-4-21(16)31/h3-4,6,10,14-15,17-18H,5,7-9,11-13H2,1H3,(H,34,35)(H2,32,33,38). The van der Waals surface area contributed by atoms with Crippen molar-refractivity contribution >= 4 is 28.5 Å². The minimum atomic E-state index is -1.30. The molecule has 1 atom stereocenters. The predicted octanol–water partition coefficient (Wildman–Crippen LogP) is 4.09. The van der Waals surface area contributed by atoms with E-state index in [0.717, 1.165) is 32.0 Å². The number of halogens is 2. The molecule has 1 unspecified atom stereocenters. The van der Waals surface area contributed by atoms with E-state index in [1.807, 2.05) is 7.05 Å². The Hall–Kier alpha value is -4.34. The summed E-state index contributed by atoms with van der Waals surface area (Å²) in [5.41, 5.74) is 4.70. The second-order valence-electron chi connectivity index (χ2n) is 10.4. The molecule has 2 aromatic heterocycles. The molecule has 4 heterocycles. The third-order valence-electron chi connectivity index (χ3n) is 7.78. The van der Waals surface area contributed by atoms with Gasteiger partial charge in [0, 0.05) is 31.3 Å². The van der Waals surface area contributed by atoms with Gasteiger partial charge < -0.3 is 20.2 Å². The van der Waals surface area contributed by atoms with Crippen molar-refractivity contribution in [2.24, 2.45) is 0 Å². The normalized spacial score (nSPS) is 20.1. The van der Waals surface area contributed by atoms with Gasteiger partial charge in [0.2, 0.25) is 0 Å². The molecule has 1 aromatic carbocycles. The summed E-state index contributed by atoms with van der Waals surface area (Å²) in [7, 11) is 2.02. The number of rotatable bonds is 6. The zero-order valence-electron chi connectivity index (χ0n) is 21.9. The maximum absolute atomic E-state index is 14.3. The monoisotopic (exact) mass is 546 g/mol. The number of fused-ring (bicyclic) bond motifs is 2. The number of pyridine rings is 1. The van der Waals surface area contributed by atoms with Crippen LogP contribution in [0, 0.1) is 0 Å². The van der Waals surface area contributed by atoms with Crippen LogP contribution in [0.25, 0.3) is 22.4 Å². The van der Waals surface area contributed by atoms with Crippen molar-refractivity contribution in [1.29, 1.82) is 0 Å². The number of nitrogens with one attached hydrogen (secondary N) is 3. The molecule has 0 spiro atoms. The number of aromatic amines is 2. The van der Waals surface area contributed by atoms with E-state index in [9.17, 15) is 23.2 Å². The van der Waals surface area contributed by atoms with Gasteiger partial charge >= 0.3 is 0 Å². The first kappa shape index (κ1) is 25.9. The van der Waals surface area contributed by atoms with E-state index in [1.165, 1.54) is 17.2 Å². The molecule has 40 heavy (non-hydrogen) atoms. The topological polar surface area (TPSA) is 114 Å². The Morgan fingerprint density at radius 3 is 2.67 bits per heavy atom. The Balaban J connectivity index is 1.26. The number of nitrogens with zero attached hydrogens (tertiary/aromatic N) is 3. The van der Waals surface area contributed by atoms with Gasteiger partial charge in [-0.2, -0.15) is 0 Å². The summed E-state index contributed by atoms with van der Waals surface area (Å²) in [6, 6.07) is 4.75. The number of carbonyl (C=O) groups is 2. The van der Waals surface area contributed by atoms with Crippen LogP contribution in [0.1, 0.15) is 46.4 Å². The third-order valence-corrected chi connectivity index (χ3v) is 7.78. The molecule has 2 aliphatic heterocycles. The van der Waals surface area contributed by atoms with Crippen LogP contribution in [-0.2, 0) is 0 Å². The van der Waals surface area contributed by atoms with Crippen LogP contribution in [0.3, 0.4) is 0 Å². The largest absolute Gasteiger partial charge is 0.384 e. The summed E-state index contributed by atoms with van der Waals surface area (Å²) < 4.78 is 28.1. The quantitative estimate of drug-likeness (QED) is 0.317. The Labute approximate surface area is 228 Å². The average Bonchev–Trinajstić information content (AvgIpc) is 3.39. The van der Waals surface area contributed by atoms with Crippen LogP contribution >= 0.6 is 0 Å². The van der Waals surface area contributed by atoms with Crippen molar-refractivity contribution in [3.63, 3.8) is 0 Å². The fourth-order valence-corrected chi connectivity index (χ4v) is 5.62. The van der Waals surface area contributed by atoms with Crippen LogP contribution in [0.15, 0.2) is 58.5 Å². The van der Waals surface area contributed by atoms with E-state index < -0.39 is 17.6 Å². The minimum absolute atomic E-state index is 0.0554. The minimum Gasteiger partial charge on any atom is -0.384 e. The van der Waals surface area contributed by atoms with Crippen LogP contribution < -0.4 is 10.9 Å². The van der Waals surface area contributed by atoms with Crippen LogP contribution in [0.5, 0.6) is 0 Å². The first-order chi connectivity index (χ1) is 19.3. The molecule has 206 valence electrons. The second-order valence-corrected chi connectivity index (χ2v) is 10.4. The smallest absolute Gasteiger partial charge is 0.261 e. The van der Waals surface area contributed by atoms with Crippen LogP contribution in [0.4, 0.5) is 14.5 Å². The summed E-state index contributed by atoms with van der Waals surface area (Å²) in [6.45, 7) is 1.90. The molecule has 1 saturated heterocycles. The molecule has 1 fully saturated rings. The van der Waals surface area contributed by atoms with Crippen molar-refractivity contribution in [3.05, 3.63) is 75.2 Å². The van der Waals surface area contributed by atoms with Gasteiger partial charge in [-0.25, -0.2) is 13.8 Å². The van der Waals surface area contributed by atoms with Gasteiger partial charge in [0.1, 0.15) is 23.4 Å². The van der Waals surface area contributed by atoms with Gasteiger partial charge in [0.05, 0.1) is 27.8 Å². The number of imidazole rings is 1. The second kappa shape index (κ2) is 10.3. The zero-order chi connectivity index (χ0) is 28.0. The number of hydrogen-bond acceptors (Lipinski definition) is 6. The molecule has 2 amide bonds. The lowest BCUT2D eigenvalue weighted by Gasteiger charge is -2.33. The SMILES string of the molecule is CN1CCC(N2C(=O)c3cc4nc(-c5c(NCCC6=C(F)C=C=CC(F)C6)cc[nH]c5=O)[nH]c4cc3C2=O)CC1. The van der Waals surface area contributed by atoms with E-state index in [2.05, 4.69) is 30.9 Å². The van der Waals surface area contributed by atoms with E-state index >= 15 is 0 Å². The van der Waals surface area contributed by atoms with Crippen molar-refractivity contribution in [1.82, 2.24) is 24.8 Å². The van der Waals surface area contributed by atoms with Gasteiger partial charge in [-0.1, -0.05) is 0 Å². The summed E-state index contributed by atoms with van der Waals surface area (Å²) in [5.74, 6) is -0.881. The number of likely N-dealkylation sites (tertiary alicyclic amines) is 1. The molecule has 3 aliphatic rings. The van der Waals surface area contributed by atoms with Crippen molar-refractivity contribution in [2.75, 3.05) is 32.0 Å². The number of allylic oxidation sites excluding steroid dienone is 2. The molecule has 3 N–H and O–H groups in total. The molecule has 3 aromatic rings. The van der Waals surface area contributed by atoms with Gasteiger partial charge in [-0.05, 0) is 69.2 Å². The fourth-order valence-electron chi connectivity index (χ4n) is 5.62. The van der Waals surface area contributed by atoms with E-state index in [0.29, 0.717) is 33.4 Å². The highest BCUT2D eigenvalue weighted by Gasteiger charge is 2.41. The summed E-state index contributed by atoms with van der Waals surface area (Å²) >= 11 is 0. The Kier molecular flexibility index (Phi) is 6.69. The number of alkyl halides is 1. The number of amides is 2. The highest BCUT2D eigenvalue weighted by atomic mass is 19.1. The first-order valence-electron chi connectivity index (χ1n) is 13.3. The molecule has 11 heteroatoms. The third kappa shape index (κ3) is 4.67. The van der Waals surface area contributed by atoms with Crippen molar-refractivity contribution < 1.29 is 18.4 Å². The predicted molar refractivity (Wildman–Crippen MR) is 147 cm³/mol. The fraction of sp³-hybridized carbons (Fsp3) is 0.345. The van der Waals surface area contributed by atoms with E-state index in [1.54, 1.807) is 18.2 Å². The van der Waals surface area contributed by atoms with E-state index in [4.69, 9.17) is 0 Å². The van der Waals surface area contributed by atoms with Crippen molar-refractivity contribution in [3.8, 4) is 11.4 Å². The number of hydrogen-bond donors (Lipinski definition) is 3. The molecule has 1 aliphatic carbocycles. The Bertz CT molecular complexity index is 1620. The van der Waals surface area contributed by atoms with E-state index in [-0.39, 0.29) is 48.6 Å². The maximum atomic E-state index is 14.3. The average molecular weight is 547 g/mol. The lowest BCUT2D eigenvalue weighted by molar-refractivity contribution is 0.0516. The molecule has 0 bridgehead atoms. The number of aromatic nitrogens is 3. The lowest BCUT2D eigenvalue weighted by Crippen LogP contribution is -2.46. The van der Waals surface area contributed by atoms with Crippen molar-refractivity contribution in [2.45, 2.75) is 37.9 Å². The lowest BCUT2D eigenvalue weighted by atomic mass is 10.0. The van der Waals surface area contributed by atoms with Gasteiger partial charge in [0.15, 0.2) is 0 Å². The number of anilines is 1. The van der Waals surface area contributed by atoms with Gasteiger partial charge in [-0.15, -0.1) is 5.73 Å². The molecular formula is C29H28F2N6O3. The summed E-state index contributed by atoms with van der Waals surface area (Å²) in [4.78, 5) is 53.3. The van der Waals surface area contributed by atoms with Gasteiger partial charge in [0.25, 0.3) is 17.4 Å². The number of piperidine rings is 1. The highest BCUT2D eigenvalue weighted by Crippen LogP contribution is 2.33. The van der Waals surface area contributed by atoms with Crippen LogP contribution in [-0.4, -0.2) is 75.5 Å². The zero-order valence-corrected chi connectivity index (χ0v) is 21.9. The summed E-state index contributed by atoms with van der Waals surface area (Å²) in [5, 5.41) is 3.14. The first-order valence-corrected chi connectivity index (χ1v) is 13.3. The highest BCUT2D eigenvalue weighted by molar-refractivity contribution is 6.23. The molecule has 0 radical (unpaired) electrons. The Morgan fingerprint density at radius 1 is 1.15 bits per heavy atom. The van der Waals surface area contributed by atoms with Crippen LogP contribution in [0.2, 0.25) is 0 Å². The summed E-state index contributed by atoms with van der Waals surface area (Å²) in [6.07, 6.45) is 4.15. The molecule has 9 nitrogen and oxygen atoms in total. The molecule has 0 saturated carbocycles. The number of imide groups is 1. The number of H-pyrrole nitrogens is 2. The number of benzene rings is 1. The Morgan fingerprint density at radius 2 is 1.90 bits per heavy atom. The molecule has 6 rings (SSSR count). The molecular weight excluding hydrogens is 518 g/mol. The van der Waals surface area contributed by atoms with Gasteiger partial charge in [-0.3, -0.25) is 19.3 Å². The number of carbonyl (C=O) groups excluding carboxylic acids is 2. The maximum Gasteiger partial charge on any atom is 0.261 e.